The monoisotopic (exact) mass is 837 g/mol. The molecule has 9 rings (SSSR count). The van der Waals surface area contributed by atoms with Crippen LogP contribution in [0.15, 0.2) is 48.1 Å². The van der Waals surface area contributed by atoms with Crippen LogP contribution in [-0.4, -0.2) is 99.5 Å². The maximum absolute atomic E-state index is 17.7. The Morgan fingerprint density at radius 3 is 2.38 bits per heavy atom. The number of amides is 2. The number of halogens is 2. The molecule has 8 aliphatic rings. The lowest BCUT2D eigenvalue weighted by molar-refractivity contribution is -0.235. The van der Waals surface area contributed by atoms with E-state index in [9.17, 15) is 34.2 Å². The van der Waals surface area contributed by atoms with Crippen LogP contribution in [0.5, 0.6) is 0 Å². The SMILES string of the molecule is CC(C)(C)OC(=O)CC[C@H](NC(=O)CN)C(=O)NC12CC(Cc3ccc([C@@H]4O[C@@H]5C[C@H]6[C@@H]7C[C@H](F)C8=CC(=O)C=C[C@]8(C)[C@@]7(F)[C@@H](O)C[C@]6(C)[C@]5(C(=O)CO)O4)cc3)(C1)C2. The van der Waals surface area contributed by atoms with Gasteiger partial charge in [-0.2, -0.15) is 0 Å². The van der Waals surface area contributed by atoms with E-state index in [1.54, 1.807) is 27.7 Å². The molecule has 0 radical (unpaired) electrons. The number of esters is 1. The zero-order valence-electron chi connectivity index (χ0n) is 34.9. The van der Waals surface area contributed by atoms with Gasteiger partial charge < -0.3 is 40.8 Å². The molecular weight excluding hydrogens is 781 g/mol. The Bertz CT molecular complexity index is 2030. The molecule has 1 aliphatic heterocycles. The average Bonchev–Trinajstić information content (AvgIpc) is 3.66. The Morgan fingerprint density at radius 2 is 1.75 bits per heavy atom. The van der Waals surface area contributed by atoms with Crippen molar-refractivity contribution in [2.75, 3.05) is 13.2 Å². The van der Waals surface area contributed by atoms with Gasteiger partial charge >= 0.3 is 5.97 Å². The second kappa shape index (κ2) is 14.3. The first-order valence-electron chi connectivity index (χ1n) is 21.1. The zero-order valence-corrected chi connectivity index (χ0v) is 34.9. The summed E-state index contributed by atoms with van der Waals surface area (Å²) in [5.41, 5.74) is -0.764. The predicted molar refractivity (Wildman–Crippen MR) is 211 cm³/mol. The first-order chi connectivity index (χ1) is 28.1. The highest BCUT2D eigenvalue weighted by Crippen LogP contribution is 2.73. The molecular formula is C45H57F2N3O10. The van der Waals surface area contributed by atoms with Crippen molar-refractivity contribution in [1.29, 1.82) is 0 Å². The molecule has 1 aromatic rings. The number of Topliss-reactive ketones (excluding diaryl/α,β-unsaturated/α-hetero) is 1. The number of hydrogen-bond acceptors (Lipinski definition) is 11. The number of fused-ring (bicyclic) bond motifs is 7. The predicted octanol–water partition coefficient (Wildman–Crippen LogP) is 3.48. The highest BCUT2D eigenvalue weighted by molar-refractivity contribution is 6.01. The van der Waals surface area contributed by atoms with E-state index in [0.29, 0.717) is 5.56 Å². The van der Waals surface area contributed by atoms with Gasteiger partial charge in [0.05, 0.1) is 18.8 Å². The van der Waals surface area contributed by atoms with Crippen molar-refractivity contribution in [3.8, 4) is 0 Å². The van der Waals surface area contributed by atoms with E-state index in [2.05, 4.69) is 10.6 Å². The third-order valence-corrected chi connectivity index (χ3v) is 15.2. The second-order valence-electron chi connectivity index (χ2n) is 20.2. The standard InChI is InChI=1S/C45H57F2N3O10/c1-39(2,3)59-36(56)11-10-31(49-35(55)19-48)37(57)50-43-21-42(22-43,23-43)17-24-6-8-25(9-7-24)38-58-34-16-27-28-15-30(46)29-14-26(52)12-13-40(29,4)44(28,47)32(53)18-41(27,5)45(34,60-38)33(54)20-51/h6-9,12-14,27-28,30-32,34,38,51,53H,10-11,15-23,48H2,1-5H3,(H,49,55)(H,50,57)/t27-,28-,30-,31-,32-,34+,38+,40-,41-,42?,43?,44-,45+/m0/s1. The van der Waals surface area contributed by atoms with Gasteiger partial charge in [0.2, 0.25) is 11.8 Å². The van der Waals surface area contributed by atoms with E-state index >= 15 is 8.78 Å². The summed E-state index contributed by atoms with van der Waals surface area (Å²) >= 11 is 0. The molecule has 7 aliphatic carbocycles. The minimum atomic E-state index is -2.33. The fraction of sp³-hybridized carbons (Fsp3) is 0.667. The van der Waals surface area contributed by atoms with Crippen molar-refractivity contribution in [3.63, 3.8) is 0 Å². The van der Waals surface area contributed by atoms with Crippen LogP contribution >= 0.6 is 0 Å². The summed E-state index contributed by atoms with van der Waals surface area (Å²) in [6, 6.07) is 6.71. The summed E-state index contributed by atoms with van der Waals surface area (Å²) in [5.74, 6) is -4.09. The molecule has 0 unspecified atom stereocenters. The summed E-state index contributed by atoms with van der Waals surface area (Å²) in [7, 11) is 0. The highest BCUT2D eigenvalue weighted by atomic mass is 19.1. The van der Waals surface area contributed by atoms with Crippen LogP contribution in [0.1, 0.15) is 103 Å². The molecule has 6 N–H and O–H groups in total. The Hall–Kier alpha value is -3.89. The Labute approximate surface area is 348 Å². The Morgan fingerprint density at radius 1 is 1.07 bits per heavy atom. The topological polar surface area (TPSA) is 204 Å². The maximum Gasteiger partial charge on any atom is 0.306 e. The number of carbonyl (C=O) groups is 5. The lowest BCUT2D eigenvalue weighted by Crippen LogP contribution is -2.76. The van der Waals surface area contributed by atoms with Crippen LogP contribution in [0.25, 0.3) is 0 Å². The van der Waals surface area contributed by atoms with Crippen molar-refractivity contribution < 1.29 is 57.2 Å². The number of rotatable bonds is 12. The number of aliphatic hydroxyl groups excluding tert-OH is 2. The van der Waals surface area contributed by atoms with Gasteiger partial charge in [0, 0.05) is 34.3 Å². The molecule has 1 aromatic carbocycles. The fourth-order valence-electron chi connectivity index (χ4n) is 12.8. The van der Waals surface area contributed by atoms with Crippen molar-refractivity contribution in [1.82, 2.24) is 10.6 Å². The van der Waals surface area contributed by atoms with E-state index in [1.165, 1.54) is 19.1 Å². The minimum absolute atomic E-state index is 0.0122. The Kier molecular flexibility index (Phi) is 10.2. The lowest BCUT2D eigenvalue weighted by atomic mass is 9.38. The number of aliphatic hydroxyl groups is 2. The summed E-state index contributed by atoms with van der Waals surface area (Å²) in [5, 5.41) is 27.8. The Balaban J connectivity index is 0.922. The first kappa shape index (κ1) is 42.8. The minimum Gasteiger partial charge on any atom is -0.460 e. The van der Waals surface area contributed by atoms with Crippen molar-refractivity contribution in [2.45, 2.75) is 146 Å². The van der Waals surface area contributed by atoms with Gasteiger partial charge in [-0.3, -0.25) is 24.0 Å². The number of benzene rings is 1. The van der Waals surface area contributed by atoms with Crippen LogP contribution in [0.3, 0.4) is 0 Å². The molecule has 60 heavy (non-hydrogen) atoms. The van der Waals surface area contributed by atoms with Crippen LogP contribution in [0.2, 0.25) is 0 Å². The molecule has 13 nitrogen and oxygen atoms in total. The second-order valence-corrected chi connectivity index (χ2v) is 20.2. The molecule has 15 heteroatoms. The molecule has 7 fully saturated rings. The van der Waals surface area contributed by atoms with E-state index in [4.69, 9.17) is 19.9 Å². The fourth-order valence-corrected chi connectivity index (χ4v) is 12.8. The van der Waals surface area contributed by atoms with Crippen LogP contribution in [0, 0.1) is 28.1 Å². The van der Waals surface area contributed by atoms with Crippen molar-refractivity contribution in [3.05, 3.63) is 59.2 Å². The van der Waals surface area contributed by atoms with Crippen LogP contribution in [0.4, 0.5) is 8.78 Å². The van der Waals surface area contributed by atoms with Gasteiger partial charge in [0.1, 0.15) is 24.4 Å². The number of carbonyl (C=O) groups excluding carboxylic acids is 5. The summed E-state index contributed by atoms with van der Waals surface area (Å²) in [4.78, 5) is 63.9. The first-order valence-corrected chi connectivity index (χ1v) is 21.1. The summed E-state index contributed by atoms with van der Waals surface area (Å²) < 4.78 is 52.2. The summed E-state index contributed by atoms with van der Waals surface area (Å²) in [6.07, 6.45) is 1.25. The molecule has 0 aromatic heterocycles. The van der Waals surface area contributed by atoms with E-state index in [-0.39, 0.29) is 61.1 Å². The largest absolute Gasteiger partial charge is 0.460 e. The molecule has 0 spiro atoms. The number of alkyl halides is 2. The third-order valence-electron chi connectivity index (χ3n) is 15.2. The molecule has 2 amide bonds. The number of ketones is 2. The van der Waals surface area contributed by atoms with Crippen molar-refractivity contribution >= 4 is 29.4 Å². The van der Waals surface area contributed by atoms with Gasteiger partial charge in [-0.1, -0.05) is 37.3 Å². The lowest BCUT2D eigenvalue weighted by Gasteiger charge is -2.71. The van der Waals surface area contributed by atoms with Crippen molar-refractivity contribution in [2.24, 2.45) is 33.8 Å². The van der Waals surface area contributed by atoms with Gasteiger partial charge in [-0.25, -0.2) is 8.78 Å². The normalized spacial score (nSPS) is 41.3. The molecule has 6 saturated carbocycles. The third kappa shape index (κ3) is 6.43. The van der Waals surface area contributed by atoms with Gasteiger partial charge in [-0.15, -0.1) is 0 Å². The molecule has 11 atom stereocenters. The number of nitrogens with one attached hydrogen (secondary N) is 2. The van der Waals surface area contributed by atoms with Crippen LogP contribution < -0.4 is 16.4 Å². The molecule has 1 saturated heterocycles. The van der Waals surface area contributed by atoms with Gasteiger partial charge in [-0.05, 0) is 114 Å². The number of ether oxygens (including phenoxy) is 3. The van der Waals surface area contributed by atoms with Gasteiger partial charge in [0.15, 0.2) is 29.1 Å². The number of nitrogens with two attached hydrogens (primary N) is 1. The summed E-state index contributed by atoms with van der Waals surface area (Å²) in [6.45, 7) is 7.38. The maximum atomic E-state index is 17.7. The highest BCUT2D eigenvalue weighted by Gasteiger charge is 2.80. The molecule has 1 heterocycles. The van der Waals surface area contributed by atoms with Crippen LogP contribution in [-0.2, 0) is 44.6 Å². The van der Waals surface area contributed by atoms with Gasteiger partial charge in [0.25, 0.3) is 0 Å². The number of hydrogen-bond donors (Lipinski definition) is 5. The quantitative estimate of drug-likeness (QED) is 0.193. The molecule has 326 valence electrons. The average molecular weight is 838 g/mol. The zero-order chi connectivity index (χ0) is 43.4. The van der Waals surface area contributed by atoms with E-state index < -0.39 is 100 Å². The van der Waals surface area contributed by atoms with E-state index in [0.717, 1.165) is 37.3 Å². The van der Waals surface area contributed by atoms with E-state index in [1.807, 2.05) is 24.3 Å². The number of allylic oxidation sites excluding steroid dienone is 4. The smallest absolute Gasteiger partial charge is 0.306 e. The molecule has 2 bridgehead atoms.